The predicted molar refractivity (Wildman–Crippen MR) is 80.2 cm³/mol. The molecule has 6 heteroatoms. The zero-order valence-electron chi connectivity index (χ0n) is 12.3. The highest BCUT2D eigenvalue weighted by Crippen LogP contribution is 2.29. The molecule has 2 unspecified atom stereocenters. The quantitative estimate of drug-likeness (QED) is 0.927. The average Bonchev–Trinajstić information content (AvgIpc) is 2.39. The van der Waals surface area contributed by atoms with E-state index in [4.69, 9.17) is 0 Å². The van der Waals surface area contributed by atoms with E-state index in [1.54, 1.807) is 16.6 Å². The minimum Gasteiger partial charge on any atom is -0.384 e. The molecule has 20 heavy (non-hydrogen) atoms. The van der Waals surface area contributed by atoms with Crippen molar-refractivity contribution in [2.24, 2.45) is 0 Å². The van der Waals surface area contributed by atoms with Crippen molar-refractivity contribution in [2.45, 2.75) is 57.0 Å². The fraction of sp³-hybridized carbons (Fsp3) is 0.643. The molecular weight excluding hydrogens is 274 g/mol. The van der Waals surface area contributed by atoms with Crippen LogP contribution >= 0.6 is 0 Å². The van der Waals surface area contributed by atoms with Gasteiger partial charge in [-0.15, -0.1) is 0 Å². The molecule has 0 saturated carbocycles. The Labute approximate surface area is 121 Å². The number of nitrogens with zero attached hydrogens (tertiary/aromatic N) is 2. The molecule has 0 spiro atoms. The van der Waals surface area contributed by atoms with Crippen LogP contribution in [0.2, 0.25) is 0 Å². The molecule has 1 aliphatic heterocycles. The lowest BCUT2D eigenvalue weighted by molar-refractivity contribution is 0.204. The second-order valence-corrected chi connectivity index (χ2v) is 7.25. The van der Waals surface area contributed by atoms with Crippen LogP contribution in [-0.2, 0) is 10.0 Å². The van der Waals surface area contributed by atoms with Crippen LogP contribution in [0.25, 0.3) is 0 Å². The zero-order valence-corrected chi connectivity index (χ0v) is 13.2. The van der Waals surface area contributed by atoms with Crippen LogP contribution in [0.15, 0.2) is 23.4 Å². The standard InChI is InChI=1S/C14H23N3O2S/c1-4-16-13-8-14(10-15-9-13)20(18,19)17-11(2)6-5-7-12(17)3/h8-12,16H,4-7H2,1-3H3. The monoisotopic (exact) mass is 297 g/mol. The maximum atomic E-state index is 12.8. The number of pyridine rings is 1. The van der Waals surface area contributed by atoms with Crippen LogP contribution in [0, 0.1) is 0 Å². The van der Waals surface area contributed by atoms with Gasteiger partial charge in [-0.05, 0) is 39.7 Å². The number of piperidine rings is 1. The highest BCUT2D eigenvalue weighted by atomic mass is 32.2. The van der Waals surface area contributed by atoms with E-state index in [2.05, 4.69) is 10.3 Å². The van der Waals surface area contributed by atoms with Crippen molar-refractivity contribution in [2.75, 3.05) is 11.9 Å². The Bertz CT molecular complexity index is 549. The van der Waals surface area contributed by atoms with Crippen molar-refractivity contribution in [3.63, 3.8) is 0 Å². The van der Waals surface area contributed by atoms with Gasteiger partial charge in [0.25, 0.3) is 0 Å². The van der Waals surface area contributed by atoms with Gasteiger partial charge in [0.05, 0.1) is 11.9 Å². The van der Waals surface area contributed by atoms with Crippen LogP contribution in [0.3, 0.4) is 0 Å². The number of hydrogen-bond donors (Lipinski definition) is 1. The van der Waals surface area contributed by atoms with Gasteiger partial charge < -0.3 is 5.32 Å². The fourth-order valence-corrected chi connectivity index (χ4v) is 4.73. The van der Waals surface area contributed by atoms with Crippen LogP contribution in [0.1, 0.15) is 40.0 Å². The molecular formula is C14H23N3O2S. The Kier molecular flexibility index (Phi) is 4.65. The van der Waals surface area contributed by atoms with E-state index in [-0.39, 0.29) is 17.0 Å². The molecule has 2 atom stereocenters. The van der Waals surface area contributed by atoms with Gasteiger partial charge >= 0.3 is 0 Å². The van der Waals surface area contributed by atoms with Crippen molar-refractivity contribution in [1.82, 2.24) is 9.29 Å². The molecule has 1 aromatic heterocycles. The largest absolute Gasteiger partial charge is 0.384 e. The van der Waals surface area contributed by atoms with Gasteiger partial charge in [-0.1, -0.05) is 6.42 Å². The van der Waals surface area contributed by atoms with Gasteiger partial charge in [-0.25, -0.2) is 8.42 Å². The Hall–Kier alpha value is -1.14. The summed E-state index contributed by atoms with van der Waals surface area (Å²) >= 11 is 0. The molecule has 0 radical (unpaired) electrons. The van der Waals surface area contributed by atoms with Gasteiger partial charge in [0.2, 0.25) is 10.0 Å². The Balaban J connectivity index is 2.36. The van der Waals surface area contributed by atoms with Crippen LogP contribution < -0.4 is 5.32 Å². The second kappa shape index (κ2) is 6.10. The van der Waals surface area contributed by atoms with Crippen molar-refractivity contribution in [1.29, 1.82) is 0 Å². The first kappa shape index (κ1) is 15.3. The first-order chi connectivity index (χ1) is 9.46. The third-order valence-electron chi connectivity index (χ3n) is 3.78. The molecule has 1 aromatic rings. The highest BCUT2D eigenvalue weighted by Gasteiger charge is 2.35. The van der Waals surface area contributed by atoms with Gasteiger partial charge in [0.1, 0.15) is 4.90 Å². The van der Waals surface area contributed by atoms with E-state index in [1.165, 1.54) is 6.20 Å². The smallest absolute Gasteiger partial charge is 0.245 e. The molecule has 0 bridgehead atoms. The van der Waals surface area contributed by atoms with Gasteiger partial charge in [-0.3, -0.25) is 4.98 Å². The fourth-order valence-electron chi connectivity index (χ4n) is 2.85. The molecule has 1 fully saturated rings. The third-order valence-corrected chi connectivity index (χ3v) is 5.88. The van der Waals surface area contributed by atoms with Crippen molar-refractivity contribution in [3.8, 4) is 0 Å². The summed E-state index contributed by atoms with van der Waals surface area (Å²) in [5.74, 6) is 0. The minimum absolute atomic E-state index is 0.0477. The summed E-state index contributed by atoms with van der Waals surface area (Å²) in [6.07, 6.45) is 6.01. The number of sulfonamides is 1. The number of nitrogens with one attached hydrogen (secondary N) is 1. The van der Waals surface area contributed by atoms with Crippen LogP contribution in [-0.4, -0.2) is 36.3 Å². The third kappa shape index (κ3) is 2.96. The van der Waals surface area contributed by atoms with Crippen molar-refractivity contribution in [3.05, 3.63) is 18.5 Å². The summed E-state index contributed by atoms with van der Waals surface area (Å²) in [5, 5.41) is 3.10. The number of aromatic nitrogens is 1. The Morgan fingerprint density at radius 3 is 2.55 bits per heavy atom. The summed E-state index contributed by atoms with van der Waals surface area (Å²) in [7, 11) is -3.47. The second-order valence-electron chi connectivity index (χ2n) is 5.40. The first-order valence-electron chi connectivity index (χ1n) is 7.19. The maximum Gasteiger partial charge on any atom is 0.245 e. The number of anilines is 1. The molecule has 0 aliphatic carbocycles. The summed E-state index contributed by atoms with van der Waals surface area (Å²) in [6, 6.07) is 1.76. The van der Waals surface area contributed by atoms with E-state index in [0.717, 1.165) is 31.5 Å². The molecule has 1 aliphatic rings. The predicted octanol–water partition coefficient (Wildman–Crippen LogP) is 2.47. The lowest BCUT2D eigenvalue weighted by Crippen LogP contribution is -2.47. The minimum atomic E-state index is -3.47. The van der Waals surface area contributed by atoms with Crippen molar-refractivity contribution < 1.29 is 8.42 Å². The van der Waals surface area contributed by atoms with Gasteiger partial charge in [-0.2, -0.15) is 4.31 Å². The summed E-state index contributed by atoms with van der Waals surface area (Å²) in [5.41, 5.74) is 0.742. The lowest BCUT2D eigenvalue weighted by Gasteiger charge is -2.37. The molecule has 2 rings (SSSR count). The lowest BCUT2D eigenvalue weighted by atomic mass is 10.0. The molecule has 0 amide bonds. The van der Waals surface area contributed by atoms with Crippen molar-refractivity contribution >= 4 is 15.7 Å². The topological polar surface area (TPSA) is 62.3 Å². The Morgan fingerprint density at radius 2 is 1.95 bits per heavy atom. The normalized spacial score (nSPS) is 24.6. The molecule has 1 N–H and O–H groups in total. The van der Waals surface area contributed by atoms with Gasteiger partial charge in [0, 0.05) is 24.8 Å². The van der Waals surface area contributed by atoms with E-state index >= 15 is 0 Å². The average molecular weight is 297 g/mol. The molecule has 1 saturated heterocycles. The van der Waals surface area contributed by atoms with E-state index in [9.17, 15) is 8.42 Å². The molecule has 112 valence electrons. The van der Waals surface area contributed by atoms with E-state index in [1.807, 2.05) is 20.8 Å². The van der Waals surface area contributed by atoms with Crippen LogP contribution in [0.5, 0.6) is 0 Å². The number of rotatable bonds is 4. The Morgan fingerprint density at radius 1 is 1.30 bits per heavy atom. The van der Waals surface area contributed by atoms with E-state index < -0.39 is 10.0 Å². The van der Waals surface area contributed by atoms with Crippen LogP contribution in [0.4, 0.5) is 5.69 Å². The summed E-state index contributed by atoms with van der Waals surface area (Å²) in [6.45, 7) is 6.67. The first-order valence-corrected chi connectivity index (χ1v) is 8.63. The number of hydrogen-bond acceptors (Lipinski definition) is 4. The maximum absolute atomic E-state index is 12.8. The molecule has 0 aromatic carbocycles. The molecule has 5 nitrogen and oxygen atoms in total. The highest BCUT2D eigenvalue weighted by molar-refractivity contribution is 7.89. The summed E-state index contributed by atoms with van der Waals surface area (Å²) < 4.78 is 27.3. The van der Waals surface area contributed by atoms with E-state index in [0.29, 0.717) is 0 Å². The SMILES string of the molecule is CCNc1cncc(S(=O)(=O)N2C(C)CCCC2C)c1. The summed E-state index contributed by atoms with van der Waals surface area (Å²) in [4.78, 5) is 4.32. The molecule has 2 heterocycles. The zero-order chi connectivity index (χ0) is 14.8. The van der Waals surface area contributed by atoms with Gasteiger partial charge in [0.15, 0.2) is 0 Å².